The molecular formula is C28H28O2S6. The average Bonchev–Trinajstić information content (AvgIpc) is 3.45. The number of para-hydroxylation sites is 2. The number of fused-ring (bicyclic) bond motifs is 4. The molecule has 0 saturated carbocycles. The van der Waals surface area contributed by atoms with E-state index in [1.54, 1.807) is 14.2 Å². The fourth-order valence-electron chi connectivity index (χ4n) is 4.11. The molecule has 0 fully saturated rings. The van der Waals surface area contributed by atoms with Gasteiger partial charge in [-0.3, -0.25) is 0 Å². The lowest BCUT2D eigenvalue weighted by molar-refractivity contribution is 0.413. The summed E-state index contributed by atoms with van der Waals surface area (Å²) in [6.45, 7) is 4.53. The van der Waals surface area contributed by atoms with Crippen LogP contribution in [0.2, 0.25) is 0 Å². The molecule has 36 heavy (non-hydrogen) atoms. The van der Waals surface area contributed by atoms with Crippen LogP contribution < -0.4 is 9.47 Å². The Balaban J connectivity index is 1.80. The monoisotopic (exact) mass is 588 g/mol. The van der Waals surface area contributed by atoms with Crippen LogP contribution in [0.1, 0.15) is 37.8 Å². The lowest BCUT2D eigenvalue weighted by Gasteiger charge is -2.22. The van der Waals surface area contributed by atoms with E-state index in [9.17, 15) is 0 Å². The standard InChI is InChI=1S/C28H28O2S6/c1-17-25-31-15-9-10-16-32-26-18(2)34-28(36-26)24(20-12-6-8-14-22(20)30-4)23(27(33-17)35-25)19-11-5-7-13-21(19)29-3/h5-8,11-14H,9-10,15-16H2,1-4H3/b27-23-,28-24-. The Hall–Kier alpha value is -0.900. The molecule has 4 bridgehead atoms. The molecule has 0 unspecified atom stereocenters. The van der Waals surface area contributed by atoms with Crippen molar-refractivity contribution in [1.29, 1.82) is 0 Å². The predicted molar refractivity (Wildman–Crippen MR) is 170 cm³/mol. The highest BCUT2D eigenvalue weighted by Gasteiger charge is 2.32. The molecule has 0 saturated heterocycles. The third kappa shape index (κ3) is 5.59. The van der Waals surface area contributed by atoms with Crippen LogP contribution in [0.3, 0.4) is 0 Å². The van der Waals surface area contributed by atoms with Crippen molar-refractivity contribution in [2.24, 2.45) is 0 Å². The van der Waals surface area contributed by atoms with Gasteiger partial charge in [0.2, 0.25) is 0 Å². The van der Waals surface area contributed by atoms with Gasteiger partial charge in [0.25, 0.3) is 0 Å². The molecular weight excluding hydrogens is 561 g/mol. The van der Waals surface area contributed by atoms with Crippen LogP contribution in [0.4, 0.5) is 0 Å². The van der Waals surface area contributed by atoms with Gasteiger partial charge in [0.15, 0.2) is 0 Å². The molecule has 0 aromatic heterocycles. The van der Waals surface area contributed by atoms with Gasteiger partial charge in [-0.2, -0.15) is 0 Å². The molecule has 188 valence electrons. The summed E-state index contributed by atoms with van der Waals surface area (Å²) in [5.74, 6) is 4.11. The Bertz CT molecular complexity index is 1190. The Morgan fingerprint density at radius 1 is 0.556 bits per heavy atom. The van der Waals surface area contributed by atoms with Gasteiger partial charge in [-0.15, -0.1) is 23.5 Å². The van der Waals surface area contributed by atoms with E-state index in [4.69, 9.17) is 9.47 Å². The highest BCUT2D eigenvalue weighted by atomic mass is 32.2. The van der Waals surface area contributed by atoms with E-state index in [1.165, 1.54) is 62.3 Å². The van der Waals surface area contributed by atoms with Gasteiger partial charge in [-0.25, -0.2) is 0 Å². The zero-order valence-corrected chi connectivity index (χ0v) is 25.6. The molecule has 0 aliphatic carbocycles. The molecule has 2 nitrogen and oxygen atoms in total. The van der Waals surface area contributed by atoms with Crippen molar-refractivity contribution in [3.63, 3.8) is 0 Å². The van der Waals surface area contributed by atoms with Gasteiger partial charge in [0.05, 0.1) is 31.2 Å². The Morgan fingerprint density at radius 3 is 1.39 bits per heavy atom. The zero-order valence-electron chi connectivity index (χ0n) is 20.7. The summed E-state index contributed by atoms with van der Waals surface area (Å²) in [5.41, 5.74) is 4.70. The van der Waals surface area contributed by atoms with Gasteiger partial charge in [-0.1, -0.05) is 83.4 Å². The number of rotatable bonds is 4. The van der Waals surface area contributed by atoms with Crippen molar-refractivity contribution in [2.45, 2.75) is 26.7 Å². The van der Waals surface area contributed by atoms with Gasteiger partial charge in [-0.05, 0) is 50.3 Å². The van der Waals surface area contributed by atoms with Crippen molar-refractivity contribution >= 4 is 81.7 Å². The molecule has 0 radical (unpaired) electrons. The maximum atomic E-state index is 5.93. The van der Waals surface area contributed by atoms with Gasteiger partial charge in [0, 0.05) is 32.1 Å². The van der Waals surface area contributed by atoms with Crippen LogP contribution in [0, 0.1) is 0 Å². The summed E-state index contributed by atoms with van der Waals surface area (Å²) in [4.78, 5) is 2.78. The van der Waals surface area contributed by atoms with E-state index in [0.717, 1.165) is 22.6 Å². The highest BCUT2D eigenvalue weighted by molar-refractivity contribution is 8.36. The van der Waals surface area contributed by atoms with Gasteiger partial charge < -0.3 is 9.47 Å². The van der Waals surface area contributed by atoms with Crippen LogP contribution in [-0.2, 0) is 0 Å². The molecule has 2 aromatic carbocycles. The summed E-state index contributed by atoms with van der Waals surface area (Å²) in [6.07, 6.45) is 2.49. The first-order valence-electron chi connectivity index (χ1n) is 11.7. The number of thioether (sulfide) groups is 6. The van der Waals surface area contributed by atoms with E-state index in [1.807, 2.05) is 82.7 Å². The molecule has 0 atom stereocenters. The third-order valence-corrected chi connectivity index (χ3v) is 14.3. The Morgan fingerprint density at radius 2 is 0.972 bits per heavy atom. The molecule has 8 heteroatoms. The van der Waals surface area contributed by atoms with Crippen molar-refractivity contribution in [3.8, 4) is 11.5 Å². The minimum atomic E-state index is 0.890. The van der Waals surface area contributed by atoms with Crippen LogP contribution >= 0.6 is 70.6 Å². The maximum Gasteiger partial charge on any atom is 0.126 e. The lowest BCUT2D eigenvalue weighted by Crippen LogP contribution is -2.00. The quantitative estimate of drug-likeness (QED) is 0.347. The van der Waals surface area contributed by atoms with Crippen molar-refractivity contribution in [1.82, 2.24) is 0 Å². The van der Waals surface area contributed by atoms with Crippen molar-refractivity contribution in [3.05, 3.63) is 86.4 Å². The fourth-order valence-corrected chi connectivity index (χ4v) is 12.7. The lowest BCUT2D eigenvalue weighted by atomic mass is 9.93. The second kappa shape index (κ2) is 12.3. The number of ether oxygens (including phenoxy) is 2. The Kier molecular flexibility index (Phi) is 9.13. The molecule has 5 rings (SSSR count). The van der Waals surface area contributed by atoms with Crippen LogP contribution in [-0.4, -0.2) is 25.7 Å². The summed E-state index contributed by atoms with van der Waals surface area (Å²) >= 11 is 11.7. The smallest absolute Gasteiger partial charge is 0.126 e. The summed E-state index contributed by atoms with van der Waals surface area (Å²) in [5, 5.41) is 0. The molecule has 0 amide bonds. The summed E-state index contributed by atoms with van der Waals surface area (Å²) in [6, 6.07) is 16.8. The number of methoxy groups -OCH3 is 2. The molecule has 0 spiro atoms. The second-order valence-electron chi connectivity index (χ2n) is 8.23. The van der Waals surface area contributed by atoms with Crippen LogP contribution in [0.5, 0.6) is 11.5 Å². The zero-order chi connectivity index (χ0) is 25.1. The van der Waals surface area contributed by atoms with E-state index in [0.29, 0.717) is 0 Å². The number of hydrogen-bond donors (Lipinski definition) is 0. The van der Waals surface area contributed by atoms with Crippen molar-refractivity contribution in [2.75, 3.05) is 25.7 Å². The van der Waals surface area contributed by atoms with Gasteiger partial charge in [0.1, 0.15) is 11.5 Å². The van der Waals surface area contributed by atoms with E-state index >= 15 is 0 Å². The van der Waals surface area contributed by atoms with E-state index in [-0.39, 0.29) is 0 Å². The Labute approximate surface area is 240 Å². The predicted octanol–water partition coefficient (Wildman–Crippen LogP) is 10.3. The number of allylic oxidation sites excluding steroid dienone is 4. The third-order valence-electron chi connectivity index (χ3n) is 5.85. The normalized spacial score (nSPS) is 23.2. The summed E-state index contributed by atoms with van der Waals surface area (Å²) in [7, 11) is 3.53. The summed E-state index contributed by atoms with van der Waals surface area (Å²) < 4.78 is 17.3. The van der Waals surface area contributed by atoms with E-state index < -0.39 is 0 Å². The minimum Gasteiger partial charge on any atom is -0.496 e. The minimum absolute atomic E-state index is 0.890. The SMILES string of the molecule is COc1ccccc1C1=C2\SC(C)=C(SCCCCSC3=C(C)S\C(=C\1c1ccccc1OC)S3)S2. The molecule has 3 aliphatic rings. The maximum absolute atomic E-state index is 5.93. The first kappa shape index (κ1) is 26.7. The first-order chi connectivity index (χ1) is 17.6. The highest BCUT2D eigenvalue weighted by Crippen LogP contribution is 2.63. The molecule has 2 aromatic rings. The fraction of sp³-hybridized carbons (Fsp3) is 0.286. The molecule has 0 N–H and O–H groups in total. The second-order valence-corrected chi connectivity index (χ2v) is 16.0. The topological polar surface area (TPSA) is 18.5 Å². The average molecular weight is 589 g/mol. The van der Waals surface area contributed by atoms with Crippen molar-refractivity contribution < 1.29 is 9.47 Å². The largest absolute Gasteiger partial charge is 0.496 e. The van der Waals surface area contributed by atoms with Crippen LogP contribution in [0.25, 0.3) is 11.1 Å². The van der Waals surface area contributed by atoms with Crippen LogP contribution in [0.15, 0.2) is 75.3 Å². The molecule has 3 aliphatic heterocycles. The number of hydrogen-bond acceptors (Lipinski definition) is 8. The van der Waals surface area contributed by atoms with E-state index in [2.05, 4.69) is 50.2 Å². The molecule has 3 heterocycles. The van der Waals surface area contributed by atoms with Gasteiger partial charge >= 0.3 is 0 Å². The first-order valence-corrected chi connectivity index (χ1v) is 17.0. The number of benzene rings is 2.